The molecule has 1 aliphatic carbocycles. The summed E-state index contributed by atoms with van der Waals surface area (Å²) in [4.78, 5) is 30.0. The summed E-state index contributed by atoms with van der Waals surface area (Å²) in [5, 5.41) is 28.0. The average Bonchev–Trinajstić information content (AvgIpc) is 2.91. The maximum atomic E-state index is 13.5. The number of nitrogens with zero attached hydrogens (tertiary/aromatic N) is 1. The van der Waals surface area contributed by atoms with Crippen LogP contribution in [0.2, 0.25) is 0 Å². The van der Waals surface area contributed by atoms with Gasteiger partial charge in [-0.25, -0.2) is 0 Å². The topological polar surface area (TPSA) is 102 Å². The van der Waals surface area contributed by atoms with Crippen LogP contribution in [0.5, 0.6) is 5.75 Å². The van der Waals surface area contributed by atoms with E-state index in [0.29, 0.717) is 35.3 Å². The van der Waals surface area contributed by atoms with E-state index in [0.717, 1.165) is 30.7 Å². The Labute approximate surface area is 244 Å². The number of amides is 2. The molecule has 220 valence electrons. The fourth-order valence-corrected chi connectivity index (χ4v) is 7.09. The van der Waals surface area contributed by atoms with Crippen molar-refractivity contribution in [2.45, 2.75) is 88.4 Å². The third-order valence-electron chi connectivity index (χ3n) is 8.23. The Kier molecular flexibility index (Phi) is 10.2. The first-order chi connectivity index (χ1) is 19.0. The van der Waals surface area contributed by atoms with Gasteiger partial charge in [-0.2, -0.15) is 0 Å². The van der Waals surface area contributed by atoms with Crippen LogP contribution in [0.4, 0.5) is 0 Å². The molecule has 2 aliphatic rings. The maximum Gasteiger partial charge on any atom is 0.252 e. The molecular weight excluding hydrogens is 522 g/mol. The van der Waals surface area contributed by atoms with Crippen molar-refractivity contribution in [1.29, 1.82) is 0 Å². The highest BCUT2D eigenvalue weighted by atomic mass is 32.2. The maximum absolute atomic E-state index is 13.5. The molecule has 0 radical (unpaired) electrons. The molecular formula is C32H47N3O4S. The second-order valence-electron chi connectivity index (χ2n) is 12.5. The quantitative estimate of drug-likeness (QED) is 0.317. The molecule has 1 saturated carbocycles. The molecule has 1 aliphatic heterocycles. The first kappa shape index (κ1) is 30.4. The predicted molar refractivity (Wildman–Crippen MR) is 163 cm³/mol. The molecule has 8 heteroatoms. The zero-order chi connectivity index (χ0) is 28.9. The highest BCUT2D eigenvalue weighted by Gasteiger charge is 2.41. The van der Waals surface area contributed by atoms with E-state index in [1.165, 1.54) is 12.8 Å². The number of rotatable bonds is 9. The Morgan fingerprint density at radius 1 is 1.07 bits per heavy atom. The number of aliphatic hydroxyl groups excluding tert-OH is 1. The van der Waals surface area contributed by atoms with Gasteiger partial charge in [-0.15, -0.1) is 11.8 Å². The lowest BCUT2D eigenvalue weighted by Crippen LogP contribution is -2.60. The fraction of sp³-hybridized carbons (Fsp3) is 0.562. The lowest BCUT2D eigenvalue weighted by atomic mass is 9.72. The largest absolute Gasteiger partial charge is 0.508 e. The molecule has 7 nitrogen and oxygen atoms in total. The van der Waals surface area contributed by atoms with Crippen LogP contribution in [-0.2, 0) is 4.79 Å². The Morgan fingerprint density at radius 2 is 1.77 bits per heavy atom. The summed E-state index contributed by atoms with van der Waals surface area (Å²) in [6.45, 7) is 8.76. The normalized spacial score (nSPS) is 23.1. The van der Waals surface area contributed by atoms with Crippen LogP contribution < -0.4 is 10.6 Å². The summed E-state index contributed by atoms with van der Waals surface area (Å²) >= 11 is 1.57. The summed E-state index contributed by atoms with van der Waals surface area (Å²) in [6, 6.07) is 13.9. The smallest absolute Gasteiger partial charge is 0.252 e. The van der Waals surface area contributed by atoms with Gasteiger partial charge in [0.2, 0.25) is 5.91 Å². The molecule has 2 aromatic rings. The zero-order valence-electron chi connectivity index (χ0n) is 24.2. The highest BCUT2D eigenvalue weighted by Crippen LogP contribution is 2.39. The molecule has 0 spiro atoms. The highest BCUT2D eigenvalue weighted by molar-refractivity contribution is 7.99. The zero-order valence-corrected chi connectivity index (χ0v) is 25.0. The molecule has 0 aromatic heterocycles. The van der Waals surface area contributed by atoms with Crippen molar-refractivity contribution in [3.8, 4) is 5.75 Å². The molecule has 0 bridgehead atoms. The number of β-amino-alcohol motifs (C(OH)–C–C–N with tert-alkyl or cyclic N) is 1. The van der Waals surface area contributed by atoms with E-state index in [1.807, 2.05) is 51.1 Å². The van der Waals surface area contributed by atoms with E-state index in [1.54, 1.807) is 36.9 Å². The lowest BCUT2D eigenvalue weighted by molar-refractivity contribution is -0.132. The van der Waals surface area contributed by atoms with Gasteiger partial charge in [0, 0.05) is 41.8 Å². The minimum absolute atomic E-state index is 0. The predicted octanol–water partition coefficient (Wildman–Crippen LogP) is 4.99. The third-order valence-corrected chi connectivity index (χ3v) is 9.36. The second-order valence-corrected chi connectivity index (χ2v) is 13.6. The van der Waals surface area contributed by atoms with Crippen LogP contribution in [0, 0.1) is 18.8 Å². The molecule has 40 heavy (non-hydrogen) atoms. The Balaban J connectivity index is 0.00000462. The van der Waals surface area contributed by atoms with Gasteiger partial charge in [0.15, 0.2) is 0 Å². The van der Waals surface area contributed by atoms with Crippen LogP contribution in [0.3, 0.4) is 0 Å². The first-order valence-corrected chi connectivity index (χ1v) is 15.5. The summed E-state index contributed by atoms with van der Waals surface area (Å²) in [7, 11) is 0. The molecule has 2 fully saturated rings. The van der Waals surface area contributed by atoms with Crippen molar-refractivity contribution >= 4 is 23.6 Å². The Morgan fingerprint density at radius 3 is 2.48 bits per heavy atom. The number of carbonyl (C=O) groups excluding carboxylic acids is 2. The number of hydrogen-bond donors (Lipinski definition) is 4. The van der Waals surface area contributed by atoms with E-state index in [2.05, 4.69) is 15.5 Å². The van der Waals surface area contributed by atoms with Crippen LogP contribution in [0.15, 0.2) is 53.4 Å². The van der Waals surface area contributed by atoms with E-state index < -0.39 is 12.1 Å². The second kappa shape index (κ2) is 13.4. The molecule has 4 N–H and O–H groups in total. The number of phenols is 1. The molecule has 4 rings (SSSR count). The van der Waals surface area contributed by atoms with Gasteiger partial charge in [0.25, 0.3) is 5.91 Å². The molecule has 1 saturated heterocycles. The van der Waals surface area contributed by atoms with Crippen molar-refractivity contribution in [2.75, 3.05) is 18.8 Å². The van der Waals surface area contributed by atoms with Gasteiger partial charge in [0.05, 0.1) is 18.2 Å². The van der Waals surface area contributed by atoms with Gasteiger partial charge in [-0.1, -0.05) is 43.5 Å². The molecule has 5 atom stereocenters. The molecule has 0 unspecified atom stereocenters. The first-order valence-electron chi connectivity index (χ1n) is 14.5. The number of carbonyl (C=O) groups is 2. The average molecular weight is 570 g/mol. The molecule has 2 aromatic carbocycles. The van der Waals surface area contributed by atoms with Crippen molar-refractivity contribution in [1.82, 2.24) is 15.5 Å². The Hall–Kier alpha value is -2.55. The number of aromatic hydroxyl groups is 1. The number of phenolic OH excluding ortho intramolecular Hbond substituents is 1. The summed E-state index contributed by atoms with van der Waals surface area (Å²) in [5.41, 5.74) is 0.543. The van der Waals surface area contributed by atoms with Crippen molar-refractivity contribution < 1.29 is 21.2 Å². The van der Waals surface area contributed by atoms with Gasteiger partial charge in [-0.05, 0) is 76.6 Å². The van der Waals surface area contributed by atoms with E-state index >= 15 is 0 Å². The Bertz CT molecular complexity index is 1160. The van der Waals surface area contributed by atoms with E-state index in [-0.39, 0.29) is 30.6 Å². The van der Waals surface area contributed by atoms with Crippen LogP contribution in [-0.4, -0.2) is 69.5 Å². The minimum atomic E-state index is -0.886. The lowest BCUT2D eigenvalue weighted by Gasteiger charge is -2.47. The number of aliphatic hydroxyl groups is 1. The van der Waals surface area contributed by atoms with E-state index in [4.69, 9.17) is 0 Å². The van der Waals surface area contributed by atoms with Crippen LogP contribution >= 0.6 is 11.8 Å². The van der Waals surface area contributed by atoms with Crippen LogP contribution in [0.25, 0.3) is 0 Å². The third kappa shape index (κ3) is 8.02. The molecule has 2 amide bonds. The number of benzene rings is 2. The van der Waals surface area contributed by atoms with Crippen molar-refractivity contribution in [3.63, 3.8) is 0 Å². The van der Waals surface area contributed by atoms with Gasteiger partial charge in [-0.3, -0.25) is 14.5 Å². The number of piperidine rings is 1. The monoisotopic (exact) mass is 569 g/mol. The number of hydrogen-bond acceptors (Lipinski definition) is 6. The SMILES string of the molecule is Cc1c(O)cccc1C(=O)N[C@H](CSc1ccccc1)[C@H](O)CN1C[C@H]2CCCC[C@H]2C[C@H]1C(=O)NC(C)(C)C.[HH]. The van der Waals surface area contributed by atoms with Gasteiger partial charge < -0.3 is 20.8 Å². The van der Waals surface area contributed by atoms with Gasteiger partial charge >= 0.3 is 0 Å². The van der Waals surface area contributed by atoms with Gasteiger partial charge in [0.1, 0.15) is 5.75 Å². The minimum Gasteiger partial charge on any atom is -0.508 e. The van der Waals surface area contributed by atoms with E-state index in [9.17, 15) is 19.8 Å². The summed E-state index contributed by atoms with van der Waals surface area (Å²) in [5.74, 6) is 1.27. The fourth-order valence-electron chi connectivity index (χ4n) is 6.06. The number of fused-ring (bicyclic) bond motifs is 1. The number of thioether (sulfide) groups is 1. The molecule has 1 heterocycles. The summed E-state index contributed by atoms with van der Waals surface area (Å²) < 4.78 is 0. The van der Waals surface area contributed by atoms with Crippen molar-refractivity contribution in [2.24, 2.45) is 11.8 Å². The van der Waals surface area contributed by atoms with Crippen LogP contribution in [0.1, 0.15) is 70.2 Å². The summed E-state index contributed by atoms with van der Waals surface area (Å²) in [6.07, 6.45) is 4.67. The van der Waals surface area contributed by atoms with Crippen molar-refractivity contribution in [3.05, 3.63) is 59.7 Å². The standard InChI is InChI=1S/C32H45N3O4S.H2/c1-21-25(15-10-16-28(21)36)30(38)33-26(20-40-24-13-6-5-7-14-24)29(37)19-35-18-23-12-9-8-11-22(23)17-27(35)31(39)34-32(2,3)4;/h5-7,10,13-16,22-23,26-27,29,36-37H,8-9,11-12,17-20H2,1-4H3,(H,33,38)(H,34,39);1H/t22-,23+,26+,27-,29+;/m0./s1. The number of likely N-dealkylation sites (tertiary alicyclic amines) is 1. The number of nitrogens with one attached hydrogen (secondary N) is 2.